The molecule has 0 aromatic carbocycles. The van der Waals surface area contributed by atoms with Gasteiger partial charge in [0, 0.05) is 32.5 Å². The maximum atomic E-state index is 12.5. The second-order valence-corrected chi connectivity index (χ2v) is 8.65. The molecule has 3 N–H and O–H groups in total. The number of nitrogens with one attached hydrogen (secondary N) is 2. The van der Waals surface area contributed by atoms with Crippen LogP contribution in [-0.2, 0) is 14.3 Å². The molecule has 0 aromatic rings. The maximum Gasteiger partial charge on any atom is 0.223 e. The molecule has 0 bridgehead atoms. The van der Waals surface area contributed by atoms with Gasteiger partial charge < -0.3 is 20.5 Å². The van der Waals surface area contributed by atoms with Gasteiger partial charge in [0.05, 0.1) is 12.7 Å². The molecule has 6 nitrogen and oxygen atoms in total. The molecule has 1 unspecified atom stereocenters. The Kier molecular flexibility index (Phi) is 7.08. The van der Waals surface area contributed by atoms with E-state index in [4.69, 9.17) is 4.74 Å². The van der Waals surface area contributed by atoms with Crippen LogP contribution in [0.4, 0.5) is 0 Å². The van der Waals surface area contributed by atoms with Crippen molar-refractivity contribution in [2.24, 2.45) is 29.1 Å². The van der Waals surface area contributed by atoms with Gasteiger partial charge in [0.25, 0.3) is 0 Å². The third kappa shape index (κ3) is 4.39. The molecule has 7 atom stereocenters. The average Bonchev–Trinajstić information content (AvgIpc) is 2.57. The Balaban J connectivity index is 2.10. The fraction of sp³-hybridized carbons (Fsp3) is 0.900. The number of aliphatic hydroxyl groups is 1. The number of rotatable bonds is 6. The SMILES string of the molecule is COCCNC(=O)[C@@H](C)C1CC[C@@]2(C)CC[C@H](NC(C)=O)[C@@H](C)[C@@H]2[C@H]1O. The van der Waals surface area contributed by atoms with Crippen molar-refractivity contribution in [1.29, 1.82) is 0 Å². The topological polar surface area (TPSA) is 87.7 Å². The predicted octanol–water partition coefficient (Wildman–Crippen LogP) is 1.71. The van der Waals surface area contributed by atoms with Gasteiger partial charge in [0.1, 0.15) is 0 Å². The van der Waals surface area contributed by atoms with E-state index in [9.17, 15) is 14.7 Å². The summed E-state index contributed by atoms with van der Waals surface area (Å²) in [5.74, 6) is -0.0241. The fourth-order valence-electron chi connectivity index (χ4n) is 5.39. The van der Waals surface area contributed by atoms with Crippen LogP contribution in [-0.4, -0.2) is 49.3 Å². The summed E-state index contributed by atoms with van der Waals surface area (Å²) < 4.78 is 4.98. The zero-order chi connectivity index (χ0) is 19.5. The Morgan fingerprint density at radius 3 is 2.58 bits per heavy atom. The third-order valence-corrected chi connectivity index (χ3v) is 6.94. The summed E-state index contributed by atoms with van der Waals surface area (Å²) >= 11 is 0. The third-order valence-electron chi connectivity index (χ3n) is 6.94. The predicted molar refractivity (Wildman–Crippen MR) is 100 cm³/mol. The molecule has 0 heterocycles. The van der Waals surface area contributed by atoms with E-state index in [0.29, 0.717) is 13.2 Å². The van der Waals surface area contributed by atoms with Crippen molar-refractivity contribution in [2.45, 2.75) is 65.5 Å². The van der Waals surface area contributed by atoms with E-state index in [0.717, 1.165) is 25.7 Å². The van der Waals surface area contributed by atoms with Crippen LogP contribution in [0.25, 0.3) is 0 Å². The first-order chi connectivity index (χ1) is 12.2. The molecule has 2 rings (SSSR count). The fourth-order valence-corrected chi connectivity index (χ4v) is 5.39. The number of hydrogen-bond donors (Lipinski definition) is 3. The summed E-state index contributed by atoms with van der Waals surface area (Å²) in [6.07, 6.45) is 3.32. The lowest BCUT2D eigenvalue weighted by Gasteiger charge is -2.56. The van der Waals surface area contributed by atoms with Crippen molar-refractivity contribution in [3.8, 4) is 0 Å². The molecule has 0 aliphatic heterocycles. The minimum Gasteiger partial charge on any atom is -0.392 e. The first-order valence-corrected chi connectivity index (χ1v) is 9.93. The van der Waals surface area contributed by atoms with Gasteiger partial charge in [-0.05, 0) is 48.9 Å². The molecule has 0 spiro atoms. The Morgan fingerprint density at radius 2 is 1.96 bits per heavy atom. The number of carbonyl (C=O) groups is 2. The highest BCUT2D eigenvalue weighted by atomic mass is 16.5. The van der Waals surface area contributed by atoms with E-state index < -0.39 is 6.10 Å². The Hall–Kier alpha value is -1.14. The molecule has 150 valence electrons. The van der Waals surface area contributed by atoms with E-state index in [1.165, 1.54) is 0 Å². The molecule has 2 aliphatic carbocycles. The minimum absolute atomic E-state index is 0.0156. The van der Waals surface area contributed by atoms with E-state index >= 15 is 0 Å². The molecular formula is C20H36N2O4. The molecule has 2 amide bonds. The first kappa shape index (κ1) is 21.2. The first-order valence-electron chi connectivity index (χ1n) is 9.93. The van der Waals surface area contributed by atoms with Crippen molar-refractivity contribution < 1.29 is 19.4 Å². The maximum absolute atomic E-state index is 12.5. The van der Waals surface area contributed by atoms with Gasteiger partial charge in [-0.15, -0.1) is 0 Å². The smallest absolute Gasteiger partial charge is 0.223 e. The summed E-state index contributed by atoms with van der Waals surface area (Å²) in [6, 6.07) is 0.102. The van der Waals surface area contributed by atoms with Gasteiger partial charge in [-0.3, -0.25) is 9.59 Å². The lowest BCUT2D eigenvalue weighted by atomic mass is 9.51. The van der Waals surface area contributed by atoms with Gasteiger partial charge >= 0.3 is 0 Å². The molecule has 6 heteroatoms. The summed E-state index contributed by atoms with van der Waals surface area (Å²) in [6.45, 7) is 8.84. The summed E-state index contributed by atoms with van der Waals surface area (Å²) in [4.78, 5) is 24.0. The Bertz CT molecular complexity index is 512. The summed E-state index contributed by atoms with van der Waals surface area (Å²) in [5, 5.41) is 17.2. The van der Waals surface area contributed by atoms with Crippen molar-refractivity contribution in [3.05, 3.63) is 0 Å². The molecule has 2 aliphatic rings. The van der Waals surface area contributed by atoms with Crippen LogP contribution in [0, 0.1) is 29.1 Å². The van der Waals surface area contributed by atoms with E-state index in [-0.39, 0.29) is 46.9 Å². The van der Waals surface area contributed by atoms with Crippen LogP contribution in [0.15, 0.2) is 0 Å². The van der Waals surface area contributed by atoms with E-state index in [1.54, 1.807) is 14.0 Å². The molecule has 0 radical (unpaired) electrons. The number of methoxy groups -OCH3 is 1. The molecule has 2 fully saturated rings. The van der Waals surface area contributed by atoms with E-state index in [2.05, 4.69) is 24.5 Å². The molecule has 0 saturated heterocycles. The van der Waals surface area contributed by atoms with Gasteiger partial charge in [0.2, 0.25) is 11.8 Å². The number of aliphatic hydroxyl groups excluding tert-OH is 1. The zero-order valence-corrected chi connectivity index (χ0v) is 16.9. The lowest BCUT2D eigenvalue weighted by Crippen LogP contribution is -2.58. The molecular weight excluding hydrogens is 332 g/mol. The minimum atomic E-state index is -0.525. The largest absolute Gasteiger partial charge is 0.392 e. The number of carbonyl (C=O) groups excluding carboxylic acids is 2. The molecule has 2 saturated carbocycles. The quantitative estimate of drug-likeness (QED) is 0.623. The summed E-state index contributed by atoms with van der Waals surface area (Å²) in [5.41, 5.74) is 0.0799. The van der Waals surface area contributed by atoms with Crippen LogP contribution in [0.1, 0.15) is 53.4 Å². The standard InChI is InChI=1S/C20H36N2O4/c1-12(19(25)21-10-11-26-5)15-6-8-20(4)9-7-16(22-14(3)23)13(2)17(20)18(15)24/h12-13,15-18,24H,6-11H2,1-5H3,(H,21,25)(H,22,23)/t12-,13+,15?,16-,17+,18-,20-/m0/s1. The lowest BCUT2D eigenvalue weighted by molar-refractivity contribution is -0.143. The second kappa shape index (κ2) is 8.70. The van der Waals surface area contributed by atoms with Crippen LogP contribution < -0.4 is 10.6 Å². The average molecular weight is 369 g/mol. The Morgan fingerprint density at radius 1 is 1.31 bits per heavy atom. The van der Waals surface area contributed by atoms with Crippen molar-refractivity contribution in [3.63, 3.8) is 0 Å². The number of ether oxygens (including phenoxy) is 1. The molecule has 0 aromatic heterocycles. The van der Waals surface area contributed by atoms with Crippen molar-refractivity contribution in [2.75, 3.05) is 20.3 Å². The van der Waals surface area contributed by atoms with Crippen LogP contribution in [0.3, 0.4) is 0 Å². The normalized spacial score (nSPS) is 38.2. The number of fused-ring (bicyclic) bond motifs is 1. The van der Waals surface area contributed by atoms with Gasteiger partial charge in [-0.1, -0.05) is 20.8 Å². The Labute approximate surface area is 157 Å². The number of amides is 2. The van der Waals surface area contributed by atoms with Crippen molar-refractivity contribution >= 4 is 11.8 Å². The highest BCUT2D eigenvalue weighted by molar-refractivity contribution is 5.78. The van der Waals surface area contributed by atoms with E-state index in [1.807, 2.05) is 6.92 Å². The summed E-state index contributed by atoms with van der Waals surface area (Å²) in [7, 11) is 1.61. The van der Waals surface area contributed by atoms with Gasteiger partial charge in [-0.2, -0.15) is 0 Å². The number of hydrogen-bond acceptors (Lipinski definition) is 4. The highest BCUT2D eigenvalue weighted by Crippen LogP contribution is 2.55. The second-order valence-electron chi connectivity index (χ2n) is 8.65. The zero-order valence-electron chi connectivity index (χ0n) is 16.9. The van der Waals surface area contributed by atoms with Crippen LogP contribution >= 0.6 is 0 Å². The van der Waals surface area contributed by atoms with Crippen molar-refractivity contribution in [1.82, 2.24) is 10.6 Å². The van der Waals surface area contributed by atoms with Gasteiger partial charge in [-0.25, -0.2) is 0 Å². The van der Waals surface area contributed by atoms with Gasteiger partial charge in [0.15, 0.2) is 0 Å². The molecule has 26 heavy (non-hydrogen) atoms. The monoisotopic (exact) mass is 368 g/mol. The van der Waals surface area contributed by atoms with Crippen LogP contribution in [0.5, 0.6) is 0 Å². The van der Waals surface area contributed by atoms with Crippen LogP contribution in [0.2, 0.25) is 0 Å². The highest BCUT2D eigenvalue weighted by Gasteiger charge is 2.53.